The summed E-state index contributed by atoms with van der Waals surface area (Å²) >= 11 is 22.5. The molecule has 0 aliphatic heterocycles. The summed E-state index contributed by atoms with van der Waals surface area (Å²) in [5.74, 6) is 0.488. The number of benzene rings is 4. The Morgan fingerprint density at radius 3 is 2.30 bits per heavy atom. The van der Waals surface area contributed by atoms with E-state index >= 15 is 0 Å². The topological polar surface area (TPSA) is 21.3 Å². The van der Waals surface area contributed by atoms with Gasteiger partial charge in [0.15, 0.2) is 5.75 Å². The number of halogens is 4. The third-order valence-corrected chi connectivity index (χ3v) is 6.52. The first-order valence-electron chi connectivity index (χ1n) is 9.27. The summed E-state index contributed by atoms with van der Waals surface area (Å²) in [6, 6.07) is 23.8. The first kappa shape index (κ1) is 21.3. The lowest BCUT2D eigenvalue weighted by Crippen LogP contribution is -2.01. The minimum absolute atomic E-state index is 0.385. The average molecular weight is 522 g/mol. The molecule has 0 saturated carbocycles. The summed E-state index contributed by atoms with van der Waals surface area (Å²) < 4.78 is 6.86. The minimum Gasteiger partial charge on any atom is -0.486 e. The quantitative estimate of drug-likeness (QED) is 0.274. The van der Waals surface area contributed by atoms with Crippen molar-refractivity contribution in [1.29, 1.82) is 0 Å². The molecule has 4 aromatic rings. The molecule has 30 heavy (non-hydrogen) atoms. The van der Waals surface area contributed by atoms with E-state index in [2.05, 4.69) is 39.4 Å². The third-order valence-electron chi connectivity index (χ3n) is 4.73. The van der Waals surface area contributed by atoms with Crippen LogP contribution in [0.5, 0.6) is 5.75 Å². The molecule has 0 heterocycles. The fraction of sp³-hybridized carbons (Fsp3) is 0.0833. The van der Waals surface area contributed by atoms with E-state index in [1.165, 1.54) is 5.39 Å². The van der Waals surface area contributed by atoms with Crippen molar-refractivity contribution in [3.8, 4) is 5.75 Å². The van der Waals surface area contributed by atoms with E-state index in [4.69, 9.17) is 39.5 Å². The van der Waals surface area contributed by atoms with Crippen molar-refractivity contribution in [3.05, 3.63) is 103 Å². The highest BCUT2D eigenvalue weighted by molar-refractivity contribution is 9.10. The van der Waals surface area contributed by atoms with E-state index < -0.39 is 0 Å². The highest BCUT2D eigenvalue weighted by Gasteiger charge is 2.11. The predicted octanol–water partition coefficient (Wildman–Crippen LogP) is 8.75. The van der Waals surface area contributed by atoms with E-state index in [1.807, 2.05) is 54.6 Å². The SMILES string of the molecule is Clc1cc(NCc2cc(Cl)c(OCc3cccc4ccccc34)c(Cl)c2)ccc1Br. The van der Waals surface area contributed by atoms with Crippen molar-refractivity contribution in [2.75, 3.05) is 5.32 Å². The maximum atomic E-state index is 6.48. The number of rotatable bonds is 6. The lowest BCUT2D eigenvalue weighted by molar-refractivity contribution is 0.308. The number of hydrogen-bond donors (Lipinski definition) is 1. The second kappa shape index (κ2) is 9.49. The average Bonchev–Trinajstić information content (AvgIpc) is 2.74. The van der Waals surface area contributed by atoms with Crippen LogP contribution in [0.4, 0.5) is 5.69 Å². The van der Waals surface area contributed by atoms with E-state index in [0.717, 1.165) is 26.7 Å². The van der Waals surface area contributed by atoms with E-state index in [1.54, 1.807) is 0 Å². The van der Waals surface area contributed by atoms with Crippen LogP contribution in [0.25, 0.3) is 10.8 Å². The first-order valence-corrected chi connectivity index (χ1v) is 11.2. The third kappa shape index (κ3) is 4.87. The molecule has 4 rings (SSSR count). The second-order valence-electron chi connectivity index (χ2n) is 6.80. The Hall–Kier alpha value is -1.91. The van der Waals surface area contributed by atoms with Crippen LogP contribution in [-0.2, 0) is 13.2 Å². The molecule has 0 unspecified atom stereocenters. The van der Waals surface area contributed by atoms with Gasteiger partial charge in [-0.3, -0.25) is 0 Å². The molecule has 0 bridgehead atoms. The molecule has 0 fully saturated rings. The zero-order chi connectivity index (χ0) is 21.1. The van der Waals surface area contributed by atoms with Crippen molar-refractivity contribution < 1.29 is 4.74 Å². The Labute approximate surface area is 198 Å². The van der Waals surface area contributed by atoms with Gasteiger partial charge in [-0.1, -0.05) is 77.3 Å². The summed E-state index contributed by atoms with van der Waals surface area (Å²) in [6.45, 7) is 0.941. The Morgan fingerprint density at radius 1 is 0.800 bits per heavy atom. The van der Waals surface area contributed by atoms with Crippen LogP contribution >= 0.6 is 50.7 Å². The van der Waals surface area contributed by atoms with Gasteiger partial charge >= 0.3 is 0 Å². The molecule has 2 nitrogen and oxygen atoms in total. The summed E-state index contributed by atoms with van der Waals surface area (Å²) in [5.41, 5.74) is 2.94. The zero-order valence-corrected chi connectivity index (χ0v) is 19.6. The molecule has 0 radical (unpaired) electrons. The fourth-order valence-corrected chi connectivity index (χ4v) is 4.30. The molecule has 0 aliphatic carbocycles. The van der Waals surface area contributed by atoms with Crippen LogP contribution in [0.1, 0.15) is 11.1 Å². The molecule has 0 atom stereocenters. The van der Waals surface area contributed by atoms with Crippen molar-refractivity contribution >= 4 is 67.2 Å². The number of hydrogen-bond acceptors (Lipinski definition) is 2. The van der Waals surface area contributed by atoms with Crippen LogP contribution in [0, 0.1) is 0 Å². The molecule has 0 amide bonds. The van der Waals surface area contributed by atoms with Gasteiger partial charge in [0.05, 0.1) is 15.1 Å². The van der Waals surface area contributed by atoms with Gasteiger partial charge in [-0.05, 0) is 68.2 Å². The number of ether oxygens (including phenoxy) is 1. The predicted molar refractivity (Wildman–Crippen MR) is 131 cm³/mol. The Bertz CT molecular complexity index is 1180. The maximum absolute atomic E-state index is 6.48. The summed E-state index contributed by atoms with van der Waals surface area (Å²) in [4.78, 5) is 0. The highest BCUT2D eigenvalue weighted by Crippen LogP contribution is 2.35. The number of nitrogens with one attached hydrogen (secondary N) is 1. The molecule has 0 aliphatic rings. The zero-order valence-electron chi connectivity index (χ0n) is 15.8. The molecular weight excluding hydrogens is 505 g/mol. The smallest absolute Gasteiger partial charge is 0.156 e. The molecular formula is C24H17BrCl3NO. The van der Waals surface area contributed by atoms with Crippen molar-refractivity contribution in [2.24, 2.45) is 0 Å². The molecule has 6 heteroatoms. The van der Waals surface area contributed by atoms with Crippen LogP contribution in [0.15, 0.2) is 77.3 Å². The van der Waals surface area contributed by atoms with Gasteiger partial charge in [0.1, 0.15) is 6.61 Å². The number of fused-ring (bicyclic) bond motifs is 1. The Morgan fingerprint density at radius 2 is 1.53 bits per heavy atom. The molecule has 0 aromatic heterocycles. The molecule has 152 valence electrons. The first-order chi connectivity index (χ1) is 14.5. The maximum Gasteiger partial charge on any atom is 0.156 e. The molecule has 0 saturated heterocycles. The highest BCUT2D eigenvalue weighted by atomic mass is 79.9. The van der Waals surface area contributed by atoms with Gasteiger partial charge in [0, 0.05) is 16.7 Å². The summed E-state index contributed by atoms with van der Waals surface area (Å²) in [7, 11) is 0. The standard InChI is InChI=1S/C24H17BrCl3NO/c25-20-9-8-18(12-21(20)26)29-13-15-10-22(27)24(23(28)11-15)30-14-17-6-3-5-16-4-1-2-7-19(16)17/h1-12,29H,13-14H2. The van der Waals surface area contributed by atoms with Gasteiger partial charge in [0.2, 0.25) is 0 Å². The summed E-state index contributed by atoms with van der Waals surface area (Å²) in [6.07, 6.45) is 0. The molecule has 1 N–H and O–H groups in total. The van der Waals surface area contributed by atoms with E-state index in [9.17, 15) is 0 Å². The molecule has 4 aromatic carbocycles. The van der Waals surface area contributed by atoms with Crippen LogP contribution in [-0.4, -0.2) is 0 Å². The van der Waals surface area contributed by atoms with Gasteiger partial charge in [-0.2, -0.15) is 0 Å². The lowest BCUT2D eigenvalue weighted by Gasteiger charge is -2.14. The van der Waals surface area contributed by atoms with Crippen LogP contribution in [0.2, 0.25) is 15.1 Å². The van der Waals surface area contributed by atoms with Crippen molar-refractivity contribution in [2.45, 2.75) is 13.2 Å². The monoisotopic (exact) mass is 519 g/mol. The van der Waals surface area contributed by atoms with Crippen LogP contribution in [0.3, 0.4) is 0 Å². The molecule has 0 spiro atoms. The Kier molecular flexibility index (Phi) is 6.74. The van der Waals surface area contributed by atoms with Gasteiger partial charge < -0.3 is 10.1 Å². The van der Waals surface area contributed by atoms with Gasteiger partial charge in [-0.15, -0.1) is 0 Å². The van der Waals surface area contributed by atoms with Crippen molar-refractivity contribution in [1.82, 2.24) is 0 Å². The second-order valence-corrected chi connectivity index (χ2v) is 8.87. The largest absolute Gasteiger partial charge is 0.486 e. The van der Waals surface area contributed by atoms with E-state index in [-0.39, 0.29) is 0 Å². The van der Waals surface area contributed by atoms with E-state index in [0.29, 0.717) is 34.0 Å². The lowest BCUT2D eigenvalue weighted by atomic mass is 10.1. The van der Waals surface area contributed by atoms with Crippen molar-refractivity contribution in [3.63, 3.8) is 0 Å². The minimum atomic E-state index is 0.385. The number of anilines is 1. The van der Waals surface area contributed by atoms with Gasteiger partial charge in [0.25, 0.3) is 0 Å². The normalized spacial score (nSPS) is 10.9. The summed E-state index contributed by atoms with van der Waals surface area (Å²) in [5, 5.41) is 7.25. The fourth-order valence-electron chi connectivity index (χ4n) is 3.23. The Balaban J connectivity index is 1.47. The van der Waals surface area contributed by atoms with Crippen LogP contribution < -0.4 is 10.1 Å². The van der Waals surface area contributed by atoms with Gasteiger partial charge in [-0.25, -0.2) is 0 Å².